The molecule has 148 valence electrons. The molecule has 4 nitrogen and oxygen atoms in total. The third-order valence-electron chi connectivity index (χ3n) is 4.15. The maximum absolute atomic E-state index is 11.5. The van der Waals surface area contributed by atoms with Crippen LogP contribution >= 0.6 is 0 Å². The number of rotatable bonds is 5. The van der Waals surface area contributed by atoms with E-state index in [0.717, 1.165) is 22.8 Å². The second-order valence-corrected chi connectivity index (χ2v) is 12.8. The van der Waals surface area contributed by atoms with E-state index in [0.29, 0.717) is 18.3 Å². The lowest BCUT2D eigenvalue weighted by Crippen LogP contribution is -2.16. The Hall–Kier alpha value is -3.10. The van der Waals surface area contributed by atoms with Gasteiger partial charge in [-0.2, -0.15) is 4.98 Å². The largest absolute Gasteiger partial charge is 0.477 e. The number of anilines is 1. The average Bonchev–Trinajstić information content (AvgIpc) is 2.66. The summed E-state index contributed by atoms with van der Waals surface area (Å²) in [6.45, 7) is 8.64. The van der Waals surface area contributed by atoms with Gasteiger partial charge in [0.15, 0.2) is 0 Å². The standard InChI is InChI=1S/C24H26N2O2Si/c1-18(27)25-23-17-21-16-20(13-15-29(2,3)4)10-11-22(21)24(26-23)28-14-12-19-8-6-5-7-9-19/h5-11,16-17H,12,14H2,1-4H3,(H,25,26,27). The molecule has 5 heteroatoms. The van der Waals surface area contributed by atoms with Crippen LogP contribution in [0.25, 0.3) is 10.8 Å². The molecule has 1 aromatic heterocycles. The fraction of sp³-hybridized carbons (Fsp3) is 0.250. The van der Waals surface area contributed by atoms with Crippen molar-refractivity contribution in [3.8, 4) is 17.3 Å². The summed E-state index contributed by atoms with van der Waals surface area (Å²) < 4.78 is 6.01. The Balaban J connectivity index is 1.91. The molecule has 3 rings (SSSR count). The van der Waals surface area contributed by atoms with Gasteiger partial charge in [-0.3, -0.25) is 4.79 Å². The Morgan fingerprint density at radius 2 is 1.86 bits per heavy atom. The van der Waals surface area contributed by atoms with Crippen molar-refractivity contribution < 1.29 is 9.53 Å². The van der Waals surface area contributed by atoms with Crippen molar-refractivity contribution >= 4 is 30.6 Å². The van der Waals surface area contributed by atoms with E-state index in [1.54, 1.807) is 0 Å². The van der Waals surface area contributed by atoms with E-state index in [9.17, 15) is 4.79 Å². The van der Waals surface area contributed by atoms with Gasteiger partial charge in [-0.05, 0) is 35.2 Å². The minimum atomic E-state index is -1.46. The molecule has 1 heterocycles. The molecule has 0 radical (unpaired) electrons. The monoisotopic (exact) mass is 402 g/mol. The lowest BCUT2D eigenvalue weighted by molar-refractivity contribution is -0.114. The van der Waals surface area contributed by atoms with Gasteiger partial charge in [-0.15, -0.1) is 5.54 Å². The number of fused-ring (bicyclic) bond motifs is 1. The second kappa shape index (κ2) is 8.93. The summed E-state index contributed by atoms with van der Waals surface area (Å²) in [5.41, 5.74) is 5.55. The zero-order valence-corrected chi connectivity index (χ0v) is 18.4. The molecule has 0 saturated heterocycles. The van der Waals surface area contributed by atoms with Crippen molar-refractivity contribution in [2.45, 2.75) is 33.0 Å². The van der Waals surface area contributed by atoms with E-state index >= 15 is 0 Å². The van der Waals surface area contributed by atoms with Gasteiger partial charge in [0.2, 0.25) is 11.8 Å². The third-order valence-corrected chi connectivity index (χ3v) is 5.03. The summed E-state index contributed by atoms with van der Waals surface area (Å²) >= 11 is 0. The average molecular weight is 403 g/mol. The molecular formula is C24H26N2O2Si. The van der Waals surface area contributed by atoms with E-state index in [2.05, 4.69) is 53.5 Å². The van der Waals surface area contributed by atoms with Crippen LogP contribution in [-0.2, 0) is 11.2 Å². The Morgan fingerprint density at radius 3 is 2.55 bits per heavy atom. The summed E-state index contributed by atoms with van der Waals surface area (Å²) in [5, 5.41) is 4.62. The fourth-order valence-electron chi connectivity index (χ4n) is 2.83. The molecule has 1 amide bonds. The van der Waals surface area contributed by atoms with Gasteiger partial charge in [-0.1, -0.05) is 55.9 Å². The summed E-state index contributed by atoms with van der Waals surface area (Å²) in [6.07, 6.45) is 0.786. The predicted molar refractivity (Wildman–Crippen MR) is 122 cm³/mol. The van der Waals surface area contributed by atoms with Crippen LogP contribution in [0, 0.1) is 11.5 Å². The van der Waals surface area contributed by atoms with Crippen molar-refractivity contribution in [2.75, 3.05) is 11.9 Å². The number of nitrogens with one attached hydrogen (secondary N) is 1. The van der Waals surface area contributed by atoms with E-state index in [-0.39, 0.29) is 5.91 Å². The summed E-state index contributed by atoms with van der Waals surface area (Å²) in [7, 11) is -1.46. The minimum Gasteiger partial charge on any atom is -0.477 e. The van der Waals surface area contributed by atoms with Gasteiger partial charge in [0.05, 0.1) is 6.61 Å². The van der Waals surface area contributed by atoms with Crippen molar-refractivity contribution in [1.29, 1.82) is 0 Å². The molecule has 0 spiro atoms. The van der Waals surface area contributed by atoms with Gasteiger partial charge in [0.25, 0.3) is 0 Å². The van der Waals surface area contributed by atoms with Crippen molar-refractivity contribution in [1.82, 2.24) is 4.98 Å². The number of carbonyl (C=O) groups is 1. The Labute approximate surface area is 173 Å². The predicted octanol–water partition coefficient (Wildman–Crippen LogP) is 5.04. The quantitative estimate of drug-likeness (QED) is 0.480. The van der Waals surface area contributed by atoms with E-state index < -0.39 is 8.07 Å². The van der Waals surface area contributed by atoms with Gasteiger partial charge in [0.1, 0.15) is 13.9 Å². The second-order valence-electron chi connectivity index (χ2n) is 8.01. The third kappa shape index (κ3) is 6.20. The van der Waals surface area contributed by atoms with Gasteiger partial charge in [0, 0.05) is 24.3 Å². The molecule has 0 unspecified atom stereocenters. The van der Waals surface area contributed by atoms with E-state index in [1.807, 2.05) is 42.5 Å². The number of amides is 1. The molecule has 0 aliphatic heterocycles. The minimum absolute atomic E-state index is 0.165. The SMILES string of the molecule is CC(=O)Nc1cc2cc(C#C[Si](C)(C)C)ccc2c(OCCc2ccccc2)n1. The first-order chi connectivity index (χ1) is 13.8. The first-order valence-corrected chi connectivity index (χ1v) is 13.2. The highest BCUT2D eigenvalue weighted by molar-refractivity contribution is 6.83. The summed E-state index contributed by atoms with van der Waals surface area (Å²) in [5.74, 6) is 4.12. The highest BCUT2D eigenvalue weighted by Gasteiger charge is 2.11. The van der Waals surface area contributed by atoms with Gasteiger partial charge >= 0.3 is 0 Å². The molecule has 0 aliphatic rings. The van der Waals surface area contributed by atoms with Crippen molar-refractivity contribution in [3.63, 3.8) is 0 Å². The molecule has 0 fully saturated rings. The first kappa shape index (κ1) is 20.6. The fourth-order valence-corrected chi connectivity index (χ4v) is 3.35. The molecule has 1 N–H and O–H groups in total. The zero-order chi connectivity index (χ0) is 20.9. The Bertz CT molecular complexity index is 1080. The van der Waals surface area contributed by atoms with Crippen LogP contribution < -0.4 is 10.1 Å². The topological polar surface area (TPSA) is 51.2 Å². The van der Waals surface area contributed by atoms with Crippen LogP contribution in [0.2, 0.25) is 19.6 Å². The molecule has 29 heavy (non-hydrogen) atoms. The lowest BCUT2D eigenvalue weighted by atomic mass is 10.1. The van der Waals surface area contributed by atoms with Crippen molar-refractivity contribution in [2.24, 2.45) is 0 Å². The molecule has 0 bridgehead atoms. The number of nitrogens with zero attached hydrogens (tertiary/aromatic N) is 1. The Kier molecular flexibility index (Phi) is 6.35. The summed E-state index contributed by atoms with van der Waals surface area (Å²) in [4.78, 5) is 16.0. The number of aromatic nitrogens is 1. The van der Waals surface area contributed by atoms with Crippen molar-refractivity contribution in [3.05, 3.63) is 65.7 Å². The Morgan fingerprint density at radius 1 is 1.10 bits per heavy atom. The smallest absolute Gasteiger partial charge is 0.223 e. The van der Waals surface area contributed by atoms with Crippen LogP contribution in [0.4, 0.5) is 5.82 Å². The van der Waals surface area contributed by atoms with Crippen LogP contribution in [0.1, 0.15) is 18.1 Å². The molecule has 0 atom stereocenters. The molecule has 0 saturated carbocycles. The number of benzene rings is 2. The van der Waals surface area contributed by atoms with E-state index in [4.69, 9.17) is 4.74 Å². The lowest BCUT2D eigenvalue weighted by Gasteiger charge is -2.12. The number of hydrogen-bond acceptors (Lipinski definition) is 3. The van der Waals surface area contributed by atoms with Crippen LogP contribution in [0.15, 0.2) is 54.6 Å². The first-order valence-electron chi connectivity index (χ1n) is 9.72. The maximum atomic E-state index is 11.5. The van der Waals surface area contributed by atoms with Crippen LogP contribution in [0.3, 0.4) is 0 Å². The molecule has 3 aromatic rings. The molecule has 2 aromatic carbocycles. The highest BCUT2D eigenvalue weighted by atomic mass is 28.3. The summed E-state index contributed by atoms with van der Waals surface area (Å²) in [6, 6.07) is 18.1. The number of pyridine rings is 1. The van der Waals surface area contributed by atoms with E-state index in [1.165, 1.54) is 12.5 Å². The van der Waals surface area contributed by atoms with Crippen LogP contribution in [0.5, 0.6) is 5.88 Å². The molecular weight excluding hydrogens is 376 g/mol. The molecule has 0 aliphatic carbocycles. The highest BCUT2D eigenvalue weighted by Crippen LogP contribution is 2.28. The van der Waals surface area contributed by atoms with Crippen LogP contribution in [-0.4, -0.2) is 25.6 Å². The normalized spacial score (nSPS) is 10.9. The van der Waals surface area contributed by atoms with Gasteiger partial charge in [-0.25, -0.2) is 0 Å². The maximum Gasteiger partial charge on any atom is 0.223 e. The zero-order valence-electron chi connectivity index (χ0n) is 17.4. The van der Waals surface area contributed by atoms with Gasteiger partial charge < -0.3 is 10.1 Å². The number of hydrogen-bond donors (Lipinski definition) is 1. The number of carbonyl (C=O) groups excluding carboxylic acids is 1. The number of ether oxygens (including phenoxy) is 1.